The molecule has 1 aliphatic heterocycles. The van der Waals surface area contributed by atoms with Crippen LogP contribution in [0.4, 0.5) is 5.69 Å². The van der Waals surface area contributed by atoms with Gasteiger partial charge in [-0.1, -0.05) is 13.0 Å². The van der Waals surface area contributed by atoms with Crippen molar-refractivity contribution in [3.05, 3.63) is 23.8 Å². The van der Waals surface area contributed by atoms with Gasteiger partial charge in [0.2, 0.25) is 0 Å². The normalized spacial score (nSPS) is 18.9. The van der Waals surface area contributed by atoms with Gasteiger partial charge in [-0.2, -0.15) is 0 Å². The fraction of sp³-hybridized carbons (Fsp3) is 0.562. The van der Waals surface area contributed by atoms with Crippen LogP contribution in [0.2, 0.25) is 0 Å². The molecule has 1 atom stereocenters. The van der Waals surface area contributed by atoms with Crippen LogP contribution < -0.4 is 4.90 Å². The number of hydrogen-bond acceptors (Lipinski definition) is 4. The maximum absolute atomic E-state index is 11.7. The summed E-state index contributed by atoms with van der Waals surface area (Å²) in [4.78, 5) is 17.0. The highest BCUT2D eigenvalue weighted by Crippen LogP contribution is 2.31. The van der Waals surface area contributed by atoms with Gasteiger partial charge in [-0.15, -0.1) is 11.8 Å². The van der Waals surface area contributed by atoms with Crippen molar-refractivity contribution < 1.29 is 9.90 Å². The highest BCUT2D eigenvalue weighted by atomic mass is 32.2. The molecule has 0 amide bonds. The fourth-order valence-corrected chi connectivity index (χ4v) is 3.77. The number of rotatable bonds is 6. The molecule has 1 heterocycles. The summed E-state index contributed by atoms with van der Waals surface area (Å²) in [5.74, 6) is 0.0342. The zero-order chi connectivity index (χ0) is 15.4. The van der Waals surface area contributed by atoms with Crippen LogP contribution in [-0.4, -0.2) is 55.0 Å². The zero-order valence-electron chi connectivity index (χ0n) is 13.0. The first kappa shape index (κ1) is 16.2. The van der Waals surface area contributed by atoms with Gasteiger partial charge in [-0.25, -0.2) is 4.79 Å². The summed E-state index contributed by atoms with van der Waals surface area (Å²) in [6, 6.07) is 6.28. The molecule has 0 bridgehead atoms. The maximum atomic E-state index is 11.7. The largest absolute Gasteiger partial charge is 0.478 e. The molecule has 2 rings (SSSR count). The van der Waals surface area contributed by atoms with E-state index in [-0.39, 0.29) is 0 Å². The van der Waals surface area contributed by atoms with Gasteiger partial charge < -0.3 is 14.9 Å². The minimum Gasteiger partial charge on any atom is -0.478 e. The van der Waals surface area contributed by atoms with Gasteiger partial charge >= 0.3 is 5.97 Å². The van der Waals surface area contributed by atoms with Crippen molar-refractivity contribution in [1.29, 1.82) is 0 Å². The van der Waals surface area contributed by atoms with Gasteiger partial charge in [0, 0.05) is 24.5 Å². The highest BCUT2D eigenvalue weighted by molar-refractivity contribution is 7.99. The number of thioether (sulfide) groups is 1. The molecule has 1 aliphatic rings. The molecule has 0 spiro atoms. The van der Waals surface area contributed by atoms with E-state index >= 15 is 0 Å². The number of carboxylic acids is 1. The van der Waals surface area contributed by atoms with Crippen molar-refractivity contribution >= 4 is 23.4 Å². The molecule has 1 aromatic rings. The van der Waals surface area contributed by atoms with Crippen molar-refractivity contribution in [2.24, 2.45) is 0 Å². The lowest BCUT2D eigenvalue weighted by Gasteiger charge is -2.28. The molecular formula is C16H24N2O2S. The Labute approximate surface area is 131 Å². The maximum Gasteiger partial charge on any atom is 0.338 e. The van der Waals surface area contributed by atoms with Crippen LogP contribution in [0, 0.1) is 0 Å². The number of aromatic carboxylic acids is 1. The van der Waals surface area contributed by atoms with Crippen LogP contribution in [0.15, 0.2) is 23.1 Å². The van der Waals surface area contributed by atoms with E-state index in [1.54, 1.807) is 11.8 Å². The van der Waals surface area contributed by atoms with Crippen LogP contribution in [0.3, 0.4) is 0 Å². The summed E-state index contributed by atoms with van der Waals surface area (Å²) < 4.78 is 0. The number of carbonyl (C=O) groups is 1. The van der Waals surface area contributed by atoms with Crippen molar-refractivity contribution in [2.75, 3.05) is 37.8 Å². The van der Waals surface area contributed by atoms with Crippen LogP contribution in [-0.2, 0) is 0 Å². The zero-order valence-corrected chi connectivity index (χ0v) is 13.8. The number of hydrogen-bond donors (Lipinski definition) is 1. The minimum atomic E-state index is -0.840. The minimum absolute atomic E-state index is 0.438. The van der Waals surface area contributed by atoms with Crippen molar-refractivity contribution in [1.82, 2.24) is 4.90 Å². The third kappa shape index (κ3) is 3.71. The second-order valence-electron chi connectivity index (χ2n) is 5.55. The first-order valence-corrected chi connectivity index (χ1v) is 8.43. The smallest absolute Gasteiger partial charge is 0.338 e. The van der Waals surface area contributed by atoms with E-state index in [1.165, 1.54) is 12.8 Å². The molecule has 1 saturated heterocycles. The van der Waals surface area contributed by atoms with E-state index < -0.39 is 5.97 Å². The van der Waals surface area contributed by atoms with E-state index in [0.717, 1.165) is 29.4 Å². The summed E-state index contributed by atoms with van der Waals surface area (Å²) >= 11 is 1.59. The molecule has 5 heteroatoms. The monoisotopic (exact) mass is 308 g/mol. The summed E-state index contributed by atoms with van der Waals surface area (Å²) in [6.45, 7) is 4.05. The average molecular weight is 308 g/mol. The Bertz CT molecular complexity index is 507. The predicted octanol–water partition coefficient (Wildman–Crippen LogP) is 3.03. The molecule has 21 heavy (non-hydrogen) atoms. The number of carboxylic acid groups (broad SMARTS) is 1. The quantitative estimate of drug-likeness (QED) is 0.818. The van der Waals surface area contributed by atoms with Crippen molar-refractivity contribution in [2.45, 2.75) is 30.7 Å². The van der Waals surface area contributed by atoms with Gasteiger partial charge in [0.05, 0.1) is 11.3 Å². The van der Waals surface area contributed by atoms with Crippen LogP contribution in [0.25, 0.3) is 0 Å². The number of anilines is 1. The molecule has 0 saturated carbocycles. The number of likely N-dealkylation sites (tertiary alicyclic amines) is 1. The van der Waals surface area contributed by atoms with Crippen molar-refractivity contribution in [3.8, 4) is 0 Å². The SMILES string of the molecule is CCSc1cccc(N(C)CC2CCCN2C)c1C(=O)O. The number of benzene rings is 1. The Kier molecular flexibility index (Phi) is 5.53. The Morgan fingerprint density at radius 1 is 1.52 bits per heavy atom. The molecule has 4 nitrogen and oxygen atoms in total. The molecule has 1 unspecified atom stereocenters. The van der Waals surface area contributed by atoms with E-state index in [2.05, 4.69) is 16.8 Å². The lowest BCUT2D eigenvalue weighted by molar-refractivity contribution is 0.0694. The number of likely N-dealkylation sites (N-methyl/N-ethyl adjacent to an activating group) is 2. The molecule has 0 radical (unpaired) electrons. The standard InChI is InChI=1S/C16H24N2O2S/c1-4-21-14-9-5-8-13(15(14)16(19)20)18(3)11-12-7-6-10-17(12)2/h5,8-9,12H,4,6-7,10-11H2,1-3H3,(H,19,20). The van der Waals surface area contributed by atoms with Gasteiger partial charge in [-0.3, -0.25) is 0 Å². The second-order valence-corrected chi connectivity index (χ2v) is 6.85. The highest BCUT2D eigenvalue weighted by Gasteiger charge is 2.24. The Morgan fingerprint density at radius 3 is 2.86 bits per heavy atom. The van der Waals surface area contributed by atoms with Gasteiger partial charge in [0.25, 0.3) is 0 Å². The van der Waals surface area contributed by atoms with Gasteiger partial charge in [0.15, 0.2) is 0 Å². The van der Waals surface area contributed by atoms with E-state index in [1.807, 2.05) is 32.2 Å². The van der Waals surface area contributed by atoms with E-state index in [4.69, 9.17) is 0 Å². The summed E-state index contributed by atoms with van der Waals surface area (Å²) in [5, 5.41) is 9.58. The molecule has 0 aromatic heterocycles. The molecule has 0 aliphatic carbocycles. The van der Waals surface area contributed by atoms with Gasteiger partial charge in [0.1, 0.15) is 0 Å². The van der Waals surface area contributed by atoms with Crippen molar-refractivity contribution in [3.63, 3.8) is 0 Å². The lowest BCUT2D eigenvalue weighted by Crippen LogP contribution is -2.37. The van der Waals surface area contributed by atoms with Crippen LogP contribution >= 0.6 is 11.8 Å². The average Bonchev–Trinajstić information content (AvgIpc) is 2.84. The Hall–Kier alpha value is -1.20. The molecule has 1 N–H and O–H groups in total. The molecular weight excluding hydrogens is 284 g/mol. The Morgan fingerprint density at radius 2 is 2.29 bits per heavy atom. The summed E-state index contributed by atoms with van der Waals surface area (Å²) in [6.07, 6.45) is 2.42. The first-order chi connectivity index (χ1) is 10.0. The molecule has 1 aromatic carbocycles. The third-order valence-electron chi connectivity index (χ3n) is 4.09. The predicted molar refractivity (Wildman–Crippen MR) is 88.7 cm³/mol. The second kappa shape index (κ2) is 7.18. The molecule has 116 valence electrons. The summed E-state index contributed by atoms with van der Waals surface area (Å²) in [7, 11) is 4.14. The molecule has 1 fully saturated rings. The lowest BCUT2D eigenvalue weighted by atomic mass is 10.1. The summed E-state index contributed by atoms with van der Waals surface area (Å²) in [5.41, 5.74) is 1.26. The topological polar surface area (TPSA) is 43.8 Å². The van der Waals surface area contributed by atoms with Gasteiger partial charge in [-0.05, 0) is 44.3 Å². The van der Waals surface area contributed by atoms with E-state index in [9.17, 15) is 9.90 Å². The van der Waals surface area contributed by atoms with Crippen LogP contribution in [0.1, 0.15) is 30.1 Å². The first-order valence-electron chi connectivity index (χ1n) is 7.45. The van der Waals surface area contributed by atoms with Crippen LogP contribution in [0.5, 0.6) is 0 Å². The third-order valence-corrected chi connectivity index (χ3v) is 5.03. The number of nitrogens with zero attached hydrogens (tertiary/aromatic N) is 2. The fourth-order valence-electron chi connectivity index (χ4n) is 2.95. The Balaban J connectivity index is 2.25. The van der Waals surface area contributed by atoms with E-state index in [0.29, 0.717) is 11.6 Å².